The van der Waals surface area contributed by atoms with Crippen molar-refractivity contribution in [1.82, 2.24) is 19.7 Å². The third-order valence-electron chi connectivity index (χ3n) is 1.95. The van der Waals surface area contributed by atoms with E-state index in [9.17, 15) is 0 Å². The zero-order valence-electron chi connectivity index (χ0n) is 8.52. The standard InChI is InChI=1S/C10H12N4/c1-7-4-8(2)13-10(12-7)9-5-11-14(3)6-9/h4-6H,1-3H3. The lowest BCUT2D eigenvalue weighted by atomic mass is 10.3. The van der Waals surface area contributed by atoms with Gasteiger partial charge in [-0.3, -0.25) is 4.68 Å². The molecule has 0 aliphatic rings. The van der Waals surface area contributed by atoms with Gasteiger partial charge in [0.2, 0.25) is 0 Å². The normalized spacial score (nSPS) is 10.5. The number of aromatic nitrogens is 4. The molecular weight excluding hydrogens is 176 g/mol. The van der Waals surface area contributed by atoms with E-state index in [2.05, 4.69) is 15.1 Å². The molecule has 2 aromatic rings. The average molecular weight is 188 g/mol. The molecule has 0 amide bonds. The molecule has 0 aromatic carbocycles. The number of hydrogen-bond donors (Lipinski definition) is 0. The number of hydrogen-bond acceptors (Lipinski definition) is 3. The highest BCUT2D eigenvalue weighted by Gasteiger charge is 2.04. The molecule has 0 bridgehead atoms. The SMILES string of the molecule is Cc1cc(C)nc(-c2cnn(C)c2)n1. The van der Waals surface area contributed by atoms with Crippen molar-refractivity contribution in [1.29, 1.82) is 0 Å². The summed E-state index contributed by atoms with van der Waals surface area (Å²) < 4.78 is 1.75. The number of rotatable bonds is 1. The quantitative estimate of drug-likeness (QED) is 0.681. The molecule has 0 unspecified atom stereocenters. The van der Waals surface area contributed by atoms with Gasteiger partial charge in [0.1, 0.15) is 0 Å². The van der Waals surface area contributed by atoms with Crippen molar-refractivity contribution in [3.8, 4) is 11.4 Å². The highest BCUT2D eigenvalue weighted by Crippen LogP contribution is 2.13. The first-order valence-electron chi connectivity index (χ1n) is 4.46. The molecule has 2 rings (SSSR count). The van der Waals surface area contributed by atoms with Crippen LogP contribution < -0.4 is 0 Å². The van der Waals surface area contributed by atoms with Gasteiger partial charge in [-0.25, -0.2) is 9.97 Å². The predicted octanol–water partition coefficient (Wildman–Crippen LogP) is 1.49. The van der Waals surface area contributed by atoms with Crippen LogP contribution in [-0.2, 0) is 7.05 Å². The average Bonchev–Trinajstić information content (AvgIpc) is 2.50. The van der Waals surface area contributed by atoms with Crippen molar-refractivity contribution in [2.24, 2.45) is 7.05 Å². The second-order valence-corrected chi connectivity index (χ2v) is 3.38. The topological polar surface area (TPSA) is 43.6 Å². The van der Waals surface area contributed by atoms with Gasteiger partial charge in [-0.05, 0) is 19.9 Å². The number of nitrogens with zero attached hydrogens (tertiary/aromatic N) is 4. The molecule has 14 heavy (non-hydrogen) atoms. The van der Waals surface area contributed by atoms with E-state index in [4.69, 9.17) is 0 Å². The van der Waals surface area contributed by atoms with Gasteiger partial charge in [-0.2, -0.15) is 5.10 Å². The minimum Gasteiger partial charge on any atom is -0.275 e. The first-order valence-corrected chi connectivity index (χ1v) is 4.46. The fraction of sp³-hybridized carbons (Fsp3) is 0.300. The Morgan fingerprint density at radius 1 is 1.14 bits per heavy atom. The van der Waals surface area contributed by atoms with Gasteiger partial charge in [-0.1, -0.05) is 0 Å². The molecule has 72 valence electrons. The van der Waals surface area contributed by atoms with E-state index in [0.717, 1.165) is 22.8 Å². The summed E-state index contributed by atoms with van der Waals surface area (Å²) in [6.07, 6.45) is 3.68. The minimum atomic E-state index is 0.746. The van der Waals surface area contributed by atoms with Crippen molar-refractivity contribution in [2.75, 3.05) is 0 Å². The van der Waals surface area contributed by atoms with E-state index >= 15 is 0 Å². The van der Waals surface area contributed by atoms with Crippen LogP contribution >= 0.6 is 0 Å². The molecule has 0 aliphatic carbocycles. The summed E-state index contributed by atoms with van der Waals surface area (Å²) >= 11 is 0. The highest BCUT2D eigenvalue weighted by atomic mass is 15.2. The largest absolute Gasteiger partial charge is 0.275 e. The van der Waals surface area contributed by atoms with Gasteiger partial charge in [0.25, 0.3) is 0 Å². The Morgan fingerprint density at radius 2 is 1.79 bits per heavy atom. The van der Waals surface area contributed by atoms with Crippen LogP contribution in [0.2, 0.25) is 0 Å². The Labute approximate surface area is 82.6 Å². The zero-order valence-corrected chi connectivity index (χ0v) is 8.52. The van der Waals surface area contributed by atoms with Crippen LogP contribution in [0.4, 0.5) is 0 Å². The second kappa shape index (κ2) is 3.21. The molecular formula is C10H12N4. The van der Waals surface area contributed by atoms with Crippen LogP contribution in [-0.4, -0.2) is 19.7 Å². The Balaban J connectivity index is 2.51. The predicted molar refractivity (Wildman–Crippen MR) is 53.7 cm³/mol. The van der Waals surface area contributed by atoms with E-state index in [0.29, 0.717) is 0 Å². The summed E-state index contributed by atoms with van der Waals surface area (Å²) in [5.74, 6) is 0.746. The summed E-state index contributed by atoms with van der Waals surface area (Å²) in [5, 5.41) is 4.09. The molecule has 0 radical (unpaired) electrons. The fourth-order valence-electron chi connectivity index (χ4n) is 1.39. The van der Waals surface area contributed by atoms with Crippen molar-refractivity contribution in [2.45, 2.75) is 13.8 Å². The highest BCUT2D eigenvalue weighted by molar-refractivity contribution is 5.52. The third kappa shape index (κ3) is 1.64. The lowest BCUT2D eigenvalue weighted by Crippen LogP contribution is -1.93. The van der Waals surface area contributed by atoms with Gasteiger partial charge in [0.05, 0.1) is 11.8 Å². The molecule has 4 heteroatoms. The maximum Gasteiger partial charge on any atom is 0.162 e. The zero-order chi connectivity index (χ0) is 10.1. The third-order valence-corrected chi connectivity index (χ3v) is 1.95. The molecule has 0 saturated heterocycles. The summed E-state index contributed by atoms with van der Waals surface area (Å²) in [4.78, 5) is 8.71. The first kappa shape index (κ1) is 8.87. The summed E-state index contributed by atoms with van der Waals surface area (Å²) in [6, 6.07) is 1.96. The maximum atomic E-state index is 4.35. The molecule has 0 fully saturated rings. The molecule has 0 N–H and O–H groups in total. The monoisotopic (exact) mass is 188 g/mol. The lowest BCUT2D eigenvalue weighted by molar-refractivity contribution is 0.768. The van der Waals surface area contributed by atoms with Gasteiger partial charge in [0, 0.05) is 24.6 Å². The molecule has 0 aliphatic heterocycles. The summed E-state index contributed by atoms with van der Waals surface area (Å²) in [5.41, 5.74) is 2.92. The van der Waals surface area contributed by atoms with E-state index in [1.54, 1.807) is 10.9 Å². The van der Waals surface area contributed by atoms with E-state index in [1.165, 1.54) is 0 Å². The molecule has 2 aromatic heterocycles. The van der Waals surface area contributed by atoms with Crippen LogP contribution in [0.5, 0.6) is 0 Å². The Kier molecular flexibility index (Phi) is 2.04. The second-order valence-electron chi connectivity index (χ2n) is 3.38. The minimum absolute atomic E-state index is 0.746. The smallest absolute Gasteiger partial charge is 0.162 e. The van der Waals surface area contributed by atoms with Crippen LogP contribution in [0.25, 0.3) is 11.4 Å². The van der Waals surface area contributed by atoms with Crippen molar-refractivity contribution >= 4 is 0 Å². The molecule has 0 atom stereocenters. The van der Waals surface area contributed by atoms with E-state index in [-0.39, 0.29) is 0 Å². The van der Waals surface area contributed by atoms with Crippen LogP contribution in [0.3, 0.4) is 0 Å². The Bertz CT molecular complexity index is 439. The molecule has 0 spiro atoms. The Morgan fingerprint density at radius 3 is 2.29 bits per heavy atom. The van der Waals surface area contributed by atoms with Gasteiger partial charge < -0.3 is 0 Å². The van der Waals surface area contributed by atoms with Gasteiger partial charge in [0.15, 0.2) is 5.82 Å². The molecule has 2 heterocycles. The lowest BCUT2D eigenvalue weighted by Gasteiger charge is -1.99. The number of aryl methyl sites for hydroxylation is 3. The van der Waals surface area contributed by atoms with Gasteiger partial charge in [-0.15, -0.1) is 0 Å². The van der Waals surface area contributed by atoms with Crippen LogP contribution in [0.1, 0.15) is 11.4 Å². The van der Waals surface area contributed by atoms with Crippen LogP contribution in [0, 0.1) is 13.8 Å². The first-order chi connectivity index (χ1) is 6.65. The Hall–Kier alpha value is -1.71. The fourth-order valence-corrected chi connectivity index (χ4v) is 1.39. The summed E-state index contributed by atoms with van der Waals surface area (Å²) in [6.45, 7) is 3.93. The van der Waals surface area contributed by atoms with Crippen molar-refractivity contribution in [3.63, 3.8) is 0 Å². The molecule has 0 saturated carbocycles. The van der Waals surface area contributed by atoms with E-state index in [1.807, 2.05) is 33.2 Å². The van der Waals surface area contributed by atoms with Crippen LogP contribution in [0.15, 0.2) is 18.5 Å². The molecule has 4 nitrogen and oxygen atoms in total. The van der Waals surface area contributed by atoms with Crippen molar-refractivity contribution < 1.29 is 0 Å². The maximum absolute atomic E-state index is 4.35. The van der Waals surface area contributed by atoms with Gasteiger partial charge >= 0.3 is 0 Å². The van der Waals surface area contributed by atoms with Crippen molar-refractivity contribution in [3.05, 3.63) is 29.8 Å². The van der Waals surface area contributed by atoms with E-state index < -0.39 is 0 Å². The summed E-state index contributed by atoms with van der Waals surface area (Å²) in [7, 11) is 1.88.